The van der Waals surface area contributed by atoms with Crippen LogP contribution in [0.15, 0.2) is 11.6 Å². The molecule has 24 heavy (non-hydrogen) atoms. The molecule has 0 heterocycles. The molecule has 0 saturated heterocycles. The van der Waals surface area contributed by atoms with Crippen LogP contribution in [0.3, 0.4) is 0 Å². The zero-order valence-electron chi connectivity index (χ0n) is 17.2. The molecule has 2 fully saturated rings. The maximum Gasteiger partial charge on any atom is 0.316 e. The third-order valence-corrected chi connectivity index (χ3v) is 7.13. The molecule has 0 amide bonds. The number of hydrogen-bond acceptors (Lipinski definition) is 2. The second-order valence-corrected chi connectivity index (χ2v) is 10.1. The second kappa shape index (κ2) is 6.50. The van der Waals surface area contributed by atoms with Gasteiger partial charge >= 0.3 is 5.97 Å². The molecule has 2 aliphatic rings. The highest BCUT2D eigenvalue weighted by Crippen LogP contribution is 2.52. The Hall–Kier alpha value is -0.790. The Morgan fingerprint density at radius 3 is 2.29 bits per heavy atom. The van der Waals surface area contributed by atoms with Crippen molar-refractivity contribution in [1.82, 2.24) is 0 Å². The second-order valence-electron chi connectivity index (χ2n) is 10.1. The van der Waals surface area contributed by atoms with Gasteiger partial charge in [-0.1, -0.05) is 52.2 Å². The van der Waals surface area contributed by atoms with Gasteiger partial charge < -0.3 is 4.74 Å². The van der Waals surface area contributed by atoms with E-state index in [0.29, 0.717) is 11.8 Å². The van der Waals surface area contributed by atoms with Gasteiger partial charge in [0, 0.05) is 0 Å². The monoisotopic (exact) mass is 334 g/mol. The zero-order valence-corrected chi connectivity index (χ0v) is 17.2. The van der Waals surface area contributed by atoms with Crippen molar-refractivity contribution >= 4 is 5.97 Å². The standard InChI is InChI=1S/C22H38O2/c1-15(2)14-21(7,20(4,5)6)19(23)24-22(8)16(3)12-17-10-9-11-18(22)13-17/h14,16-18H,9-13H2,1-8H3. The number of hydrogen-bond donors (Lipinski definition) is 0. The lowest BCUT2D eigenvalue weighted by Gasteiger charge is -2.52. The maximum absolute atomic E-state index is 13.4. The number of rotatable bonds is 3. The molecule has 0 aromatic rings. The quantitative estimate of drug-likeness (QED) is 0.457. The average Bonchev–Trinajstić information content (AvgIpc) is 2.44. The van der Waals surface area contributed by atoms with Crippen molar-refractivity contribution < 1.29 is 9.53 Å². The van der Waals surface area contributed by atoms with Crippen LogP contribution in [-0.2, 0) is 9.53 Å². The van der Waals surface area contributed by atoms with Crippen molar-refractivity contribution in [2.45, 2.75) is 93.1 Å². The molecule has 0 aromatic heterocycles. The molecule has 2 bridgehead atoms. The summed E-state index contributed by atoms with van der Waals surface area (Å²) in [5.74, 6) is 1.77. The SMILES string of the molecule is CC(C)=CC(C)(C(=O)OC1(C)C(C)CC2CCCC1C2)C(C)(C)C. The molecule has 2 nitrogen and oxygen atoms in total. The molecule has 2 saturated carbocycles. The molecule has 5 unspecified atom stereocenters. The van der Waals surface area contributed by atoms with Crippen LogP contribution in [0.25, 0.3) is 0 Å². The van der Waals surface area contributed by atoms with Crippen molar-refractivity contribution in [3.8, 4) is 0 Å². The van der Waals surface area contributed by atoms with E-state index in [1.54, 1.807) is 0 Å². The van der Waals surface area contributed by atoms with Gasteiger partial charge in [-0.2, -0.15) is 0 Å². The smallest absolute Gasteiger partial charge is 0.316 e. The fourth-order valence-electron chi connectivity index (χ4n) is 4.81. The third-order valence-electron chi connectivity index (χ3n) is 7.13. The topological polar surface area (TPSA) is 26.3 Å². The Kier molecular flexibility index (Phi) is 5.29. The first kappa shape index (κ1) is 19.5. The van der Waals surface area contributed by atoms with Gasteiger partial charge in [0.15, 0.2) is 0 Å². The minimum atomic E-state index is -0.597. The summed E-state index contributed by atoms with van der Waals surface area (Å²) in [7, 11) is 0. The van der Waals surface area contributed by atoms with Crippen LogP contribution in [0, 0.1) is 28.6 Å². The number of ether oxygens (including phenoxy) is 1. The molecule has 2 aliphatic carbocycles. The lowest BCUT2D eigenvalue weighted by Crippen LogP contribution is -2.54. The first-order chi connectivity index (χ1) is 10.9. The largest absolute Gasteiger partial charge is 0.458 e. The summed E-state index contributed by atoms with van der Waals surface area (Å²) in [6, 6.07) is 0. The van der Waals surface area contributed by atoms with Crippen molar-refractivity contribution in [1.29, 1.82) is 0 Å². The summed E-state index contributed by atoms with van der Waals surface area (Å²) in [6.07, 6.45) is 8.41. The number of esters is 1. The van der Waals surface area contributed by atoms with Gasteiger partial charge in [0.2, 0.25) is 0 Å². The van der Waals surface area contributed by atoms with Crippen molar-refractivity contribution in [2.75, 3.05) is 0 Å². The molecular formula is C22H38O2. The Morgan fingerprint density at radius 2 is 1.75 bits per heavy atom. The van der Waals surface area contributed by atoms with Gasteiger partial charge in [0.25, 0.3) is 0 Å². The van der Waals surface area contributed by atoms with Crippen LogP contribution in [0.4, 0.5) is 0 Å². The van der Waals surface area contributed by atoms with Gasteiger partial charge in [-0.3, -0.25) is 4.79 Å². The summed E-state index contributed by atoms with van der Waals surface area (Å²) in [4.78, 5) is 13.4. The molecule has 5 atom stereocenters. The Bertz CT molecular complexity index is 507. The summed E-state index contributed by atoms with van der Waals surface area (Å²) >= 11 is 0. The van der Waals surface area contributed by atoms with Crippen LogP contribution in [0.2, 0.25) is 0 Å². The maximum atomic E-state index is 13.4. The van der Waals surface area contributed by atoms with Crippen LogP contribution >= 0.6 is 0 Å². The van der Waals surface area contributed by atoms with E-state index in [2.05, 4.69) is 54.5 Å². The number of carbonyl (C=O) groups excluding carboxylic acids is 1. The van der Waals surface area contributed by atoms with E-state index in [0.717, 1.165) is 5.92 Å². The third kappa shape index (κ3) is 3.44. The minimum Gasteiger partial charge on any atom is -0.458 e. The predicted molar refractivity (Wildman–Crippen MR) is 101 cm³/mol. The molecule has 138 valence electrons. The van der Waals surface area contributed by atoms with E-state index in [1.165, 1.54) is 37.7 Å². The first-order valence-electron chi connectivity index (χ1n) is 9.79. The average molecular weight is 335 g/mol. The van der Waals surface area contributed by atoms with Crippen LogP contribution in [-0.4, -0.2) is 11.6 Å². The number of fused-ring (bicyclic) bond motifs is 2. The molecule has 0 N–H and O–H groups in total. The summed E-state index contributed by atoms with van der Waals surface area (Å²) < 4.78 is 6.39. The minimum absolute atomic E-state index is 0.0467. The number of allylic oxidation sites excluding steroid dienone is 1. The highest BCUT2D eigenvalue weighted by Gasteiger charge is 2.52. The Morgan fingerprint density at radius 1 is 1.12 bits per heavy atom. The highest BCUT2D eigenvalue weighted by molar-refractivity contribution is 5.80. The molecule has 2 rings (SSSR count). The highest BCUT2D eigenvalue weighted by atomic mass is 16.6. The molecule has 0 aromatic carbocycles. The molecule has 0 aliphatic heterocycles. The van der Waals surface area contributed by atoms with E-state index >= 15 is 0 Å². The Balaban J connectivity index is 2.30. The van der Waals surface area contributed by atoms with Gasteiger partial charge in [0.05, 0.1) is 5.41 Å². The van der Waals surface area contributed by atoms with E-state index < -0.39 is 5.41 Å². The normalized spacial score (nSPS) is 35.8. The molecule has 0 spiro atoms. The summed E-state index contributed by atoms with van der Waals surface area (Å²) in [6.45, 7) is 17.1. The Labute approximate surface area is 149 Å². The number of carbonyl (C=O) groups is 1. The van der Waals surface area contributed by atoms with Gasteiger partial charge in [-0.15, -0.1) is 0 Å². The molecule has 0 radical (unpaired) electrons. The fourth-order valence-corrected chi connectivity index (χ4v) is 4.81. The first-order valence-corrected chi connectivity index (χ1v) is 9.79. The van der Waals surface area contributed by atoms with E-state index in [4.69, 9.17) is 4.74 Å². The van der Waals surface area contributed by atoms with E-state index in [-0.39, 0.29) is 17.0 Å². The van der Waals surface area contributed by atoms with Crippen LogP contribution in [0.5, 0.6) is 0 Å². The molecular weight excluding hydrogens is 296 g/mol. The van der Waals surface area contributed by atoms with E-state index in [9.17, 15) is 4.79 Å². The zero-order chi connectivity index (χ0) is 18.3. The fraction of sp³-hybridized carbons (Fsp3) is 0.864. The van der Waals surface area contributed by atoms with Crippen LogP contribution in [0.1, 0.15) is 87.5 Å². The van der Waals surface area contributed by atoms with E-state index in [1.807, 2.05) is 6.92 Å². The lowest BCUT2D eigenvalue weighted by atomic mass is 9.60. The molecule has 2 heteroatoms. The predicted octanol–water partition coefficient (Wildman–Crippen LogP) is 6.15. The summed E-state index contributed by atoms with van der Waals surface area (Å²) in [5, 5.41) is 0. The van der Waals surface area contributed by atoms with Crippen LogP contribution < -0.4 is 0 Å². The van der Waals surface area contributed by atoms with Crippen molar-refractivity contribution in [3.05, 3.63) is 11.6 Å². The summed E-state index contributed by atoms with van der Waals surface area (Å²) in [5.41, 5.74) is 0.0878. The van der Waals surface area contributed by atoms with Gasteiger partial charge in [0.1, 0.15) is 5.60 Å². The lowest BCUT2D eigenvalue weighted by molar-refractivity contribution is -0.195. The van der Waals surface area contributed by atoms with Crippen molar-refractivity contribution in [2.24, 2.45) is 28.6 Å². The van der Waals surface area contributed by atoms with Gasteiger partial charge in [-0.25, -0.2) is 0 Å². The van der Waals surface area contributed by atoms with Crippen molar-refractivity contribution in [3.63, 3.8) is 0 Å². The van der Waals surface area contributed by atoms with Gasteiger partial charge in [-0.05, 0) is 70.1 Å².